The average molecular weight is 362 g/mol. The number of anilines is 1. The van der Waals surface area contributed by atoms with Crippen molar-refractivity contribution in [1.82, 2.24) is 4.90 Å². The SMILES string of the molecule is CCCS(=O)(=O)Nc1cccc(C(=O)N2CCCC(N)C2)c1.Cl. The summed E-state index contributed by atoms with van der Waals surface area (Å²) in [6.07, 6.45) is 2.37. The molecule has 130 valence electrons. The molecule has 1 atom stereocenters. The standard InChI is InChI=1S/C15H23N3O3S.ClH/c1-2-9-22(20,21)17-14-7-3-5-12(10-14)15(19)18-8-4-6-13(16)11-18;/h3,5,7,10,13,17H,2,4,6,8-9,11,16H2,1H3;1H. The first kappa shape index (κ1) is 19.7. The lowest BCUT2D eigenvalue weighted by molar-refractivity contribution is 0.0709. The average Bonchev–Trinajstić information content (AvgIpc) is 2.46. The second-order valence-electron chi connectivity index (χ2n) is 5.66. The van der Waals surface area contributed by atoms with Crippen LogP contribution in [-0.2, 0) is 10.0 Å². The molecule has 23 heavy (non-hydrogen) atoms. The van der Waals surface area contributed by atoms with Crippen molar-refractivity contribution in [2.45, 2.75) is 32.2 Å². The largest absolute Gasteiger partial charge is 0.337 e. The third kappa shape index (κ3) is 5.67. The lowest BCUT2D eigenvalue weighted by Gasteiger charge is -2.30. The fraction of sp³-hybridized carbons (Fsp3) is 0.533. The van der Waals surface area contributed by atoms with Crippen LogP contribution in [0.15, 0.2) is 24.3 Å². The molecule has 1 aliphatic rings. The molecular weight excluding hydrogens is 338 g/mol. The molecule has 1 heterocycles. The van der Waals surface area contributed by atoms with Crippen molar-refractivity contribution in [3.8, 4) is 0 Å². The van der Waals surface area contributed by atoms with Gasteiger partial charge in [0, 0.05) is 30.4 Å². The Bertz CT molecular complexity index is 637. The highest BCUT2D eigenvalue weighted by molar-refractivity contribution is 7.92. The van der Waals surface area contributed by atoms with Crippen LogP contribution < -0.4 is 10.5 Å². The summed E-state index contributed by atoms with van der Waals surface area (Å²) < 4.78 is 26.1. The van der Waals surface area contributed by atoms with E-state index in [-0.39, 0.29) is 30.1 Å². The van der Waals surface area contributed by atoms with Crippen LogP contribution in [0.5, 0.6) is 0 Å². The number of nitrogens with zero attached hydrogens (tertiary/aromatic N) is 1. The second kappa shape index (κ2) is 8.52. The number of hydrogen-bond donors (Lipinski definition) is 2. The van der Waals surface area contributed by atoms with Gasteiger partial charge in [-0.25, -0.2) is 8.42 Å². The van der Waals surface area contributed by atoms with Gasteiger partial charge in [0.15, 0.2) is 0 Å². The summed E-state index contributed by atoms with van der Waals surface area (Å²) in [5.74, 6) is -0.0433. The molecule has 1 unspecified atom stereocenters. The summed E-state index contributed by atoms with van der Waals surface area (Å²) >= 11 is 0. The number of nitrogens with one attached hydrogen (secondary N) is 1. The van der Waals surface area contributed by atoms with Gasteiger partial charge in [0.1, 0.15) is 0 Å². The van der Waals surface area contributed by atoms with Crippen molar-refractivity contribution in [1.29, 1.82) is 0 Å². The first-order valence-electron chi connectivity index (χ1n) is 7.56. The minimum absolute atomic E-state index is 0. The van der Waals surface area contributed by atoms with E-state index in [1.165, 1.54) is 0 Å². The number of piperidine rings is 1. The smallest absolute Gasteiger partial charge is 0.253 e. The molecular formula is C15H24ClN3O3S. The summed E-state index contributed by atoms with van der Waals surface area (Å²) in [5, 5.41) is 0. The first-order chi connectivity index (χ1) is 10.4. The molecule has 1 saturated heterocycles. The maximum Gasteiger partial charge on any atom is 0.253 e. The van der Waals surface area contributed by atoms with Gasteiger partial charge in [0.05, 0.1) is 5.75 Å². The predicted octanol–water partition coefficient (Wildman–Crippen LogP) is 1.82. The molecule has 0 spiro atoms. The Morgan fingerprint density at radius 2 is 2.17 bits per heavy atom. The fourth-order valence-corrected chi connectivity index (χ4v) is 3.72. The van der Waals surface area contributed by atoms with E-state index >= 15 is 0 Å². The van der Waals surface area contributed by atoms with E-state index in [9.17, 15) is 13.2 Å². The zero-order valence-corrected chi connectivity index (χ0v) is 14.8. The van der Waals surface area contributed by atoms with Crippen LogP contribution in [-0.4, -0.2) is 44.1 Å². The predicted molar refractivity (Wildman–Crippen MR) is 94.5 cm³/mol. The first-order valence-corrected chi connectivity index (χ1v) is 9.22. The quantitative estimate of drug-likeness (QED) is 0.836. The van der Waals surface area contributed by atoms with Crippen molar-refractivity contribution >= 4 is 34.0 Å². The minimum Gasteiger partial charge on any atom is -0.337 e. The van der Waals surface area contributed by atoms with Gasteiger partial charge in [0.2, 0.25) is 10.0 Å². The maximum atomic E-state index is 12.5. The van der Waals surface area contributed by atoms with E-state index in [2.05, 4.69) is 4.72 Å². The zero-order valence-electron chi connectivity index (χ0n) is 13.2. The second-order valence-corrected chi connectivity index (χ2v) is 7.50. The molecule has 1 aliphatic heterocycles. The fourth-order valence-electron chi connectivity index (χ4n) is 2.59. The number of carbonyl (C=O) groups excluding carboxylic acids is 1. The lowest BCUT2D eigenvalue weighted by Crippen LogP contribution is -2.45. The van der Waals surface area contributed by atoms with Gasteiger partial charge in [-0.3, -0.25) is 9.52 Å². The van der Waals surface area contributed by atoms with Crippen LogP contribution in [0.2, 0.25) is 0 Å². The number of rotatable bonds is 5. The molecule has 0 saturated carbocycles. The van der Waals surface area contributed by atoms with Crippen molar-refractivity contribution in [2.75, 3.05) is 23.6 Å². The topological polar surface area (TPSA) is 92.5 Å². The third-order valence-corrected chi connectivity index (χ3v) is 5.09. The van der Waals surface area contributed by atoms with Gasteiger partial charge >= 0.3 is 0 Å². The highest BCUT2D eigenvalue weighted by atomic mass is 35.5. The number of nitrogens with two attached hydrogens (primary N) is 1. The number of amides is 1. The van der Waals surface area contributed by atoms with E-state index in [0.29, 0.717) is 30.8 Å². The van der Waals surface area contributed by atoms with Gasteiger partial charge in [0.25, 0.3) is 5.91 Å². The van der Waals surface area contributed by atoms with Gasteiger partial charge in [-0.15, -0.1) is 12.4 Å². The van der Waals surface area contributed by atoms with Crippen LogP contribution in [0.1, 0.15) is 36.5 Å². The van der Waals surface area contributed by atoms with Gasteiger partial charge in [-0.2, -0.15) is 0 Å². The normalized spacial score (nSPS) is 18.2. The Labute approximate surface area is 143 Å². The molecule has 0 aliphatic carbocycles. The van der Waals surface area contributed by atoms with E-state index < -0.39 is 10.0 Å². The number of hydrogen-bond acceptors (Lipinski definition) is 4. The summed E-state index contributed by atoms with van der Waals surface area (Å²) in [7, 11) is -3.36. The van der Waals surface area contributed by atoms with Gasteiger partial charge in [-0.05, 0) is 37.5 Å². The molecule has 0 aromatic heterocycles. The molecule has 1 aromatic rings. The van der Waals surface area contributed by atoms with Crippen molar-refractivity contribution in [3.63, 3.8) is 0 Å². The Hall–Kier alpha value is -1.31. The molecule has 1 aromatic carbocycles. The molecule has 0 bridgehead atoms. The molecule has 1 amide bonds. The van der Waals surface area contributed by atoms with Crippen LogP contribution in [0.25, 0.3) is 0 Å². The number of sulfonamides is 1. The Balaban J connectivity index is 0.00000264. The van der Waals surface area contributed by atoms with Crippen LogP contribution in [0.3, 0.4) is 0 Å². The van der Waals surface area contributed by atoms with Crippen molar-refractivity contribution in [2.24, 2.45) is 5.73 Å². The summed E-state index contributed by atoms with van der Waals surface area (Å²) in [6.45, 7) is 3.04. The van der Waals surface area contributed by atoms with Crippen molar-refractivity contribution in [3.05, 3.63) is 29.8 Å². The molecule has 6 nitrogen and oxygen atoms in total. The van der Waals surface area contributed by atoms with Crippen LogP contribution >= 0.6 is 12.4 Å². The maximum absolute atomic E-state index is 12.5. The van der Waals surface area contributed by atoms with Crippen LogP contribution in [0.4, 0.5) is 5.69 Å². The highest BCUT2D eigenvalue weighted by Gasteiger charge is 2.22. The Morgan fingerprint density at radius 3 is 2.83 bits per heavy atom. The Kier molecular flexibility index (Phi) is 7.31. The van der Waals surface area contributed by atoms with E-state index in [4.69, 9.17) is 5.73 Å². The zero-order chi connectivity index (χ0) is 16.2. The monoisotopic (exact) mass is 361 g/mol. The Morgan fingerprint density at radius 1 is 1.43 bits per heavy atom. The summed E-state index contributed by atoms with van der Waals surface area (Å²) in [4.78, 5) is 14.2. The van der Waals surface area contributed by atoms with Crippen LogP contribution in [0, 0.1) is 0 Å². The van der Waals surface area contributed by atoms with E-state index in [1.54, 1.807) is 36.1 Å². The minimum atomic E-state index is -3.36. The highest BCUT2D eigenvalue weighted by Crippen LogP contribution is 2.17. The van der Waals surface area contributed by atoms with E-state index in [1.807, 2.05) is 0 Å². The summed E-state index contributed by atoms with van der Waals surface area (Å²) in [5.41, 5.74) is 6.80. The molecule has 1 fully saturated rings. The van der Waals surface area contributed by atoms with Gasteiger partial charge in [-0.1, -0.05) is 13.0 Å². The summed E-state index contributed by atoms with van der Waals surface area (Å²) in [6, 6.07) is 6.62. The number of benzene rings is 1. The molecule has 8 heteroatoms. The molecule has 2 rings (SSSR count). The third-order valence-electron chi connectivity index (χ3n) is 3.60. The van der Waals surface area contributed by atoms with E-state index in [0.717, 1.165) is 12.8 Å². The molecule has 0 radical (unpaired) electrons. The van der Waals surface area contributed by atoms with Gasteiger partial charge < -0.3 is 10.6 Å². The number of carbonyl (C=O) groups is 1. The van der Waals surface area contributed by atoms with Crippen molar-refractivity contribution < 1.29 is 13.2 Å². The lowest BCUT2D eigenvalue weighted by atomic mass is 10.1. The molecule has 3 N–H and O–H groups in total. The number of halogens is 1. The number of likely N-dealkylation sites (tertiary alicyclic amines) is 1.